The second-order valence-electron chi connectivity index (χ2n) is 5.95. The number of anilines is 4. The first-order chi connectivity index (χ1) is 13.3. The van der Waals surface area contributed by atoms with Gasteiger partial charge in [0, 0.05) is 11.4 Å². The van der Waals surface area contributed by atoms with E-state index in [1.54, 1.807) is 12.1 Å². The first-order valence-electron chi connectivity index (χ1n) is 8.18. The second kappa shape index (κ2) is 7.58. The van der Waals surface area contributed by atoms with Crippen molar-refractivity contribution in [3.05, 3.63) is 71.8 Å². The number of carbonyl (C=O) groups excluding carboxylic acids is 2. The third kappa shape index (κ3) is 4.13. The summed E-state index contributed by atoms with van der Waals surface area (Å²) in [4.78, 5) is 24.8. The second-order valence-corrected chi connectivity index (χ2v) is 5.95. The highest BCUT2D eigenvalue weighted by molar-refractivity contribution is 5.97. The number of ether oxygens (including phenoxy) is 2. The molecule has 0 aliphatic heterocycles. The summed E-state index contributed by atoms with van der Waals surface area (Å²) < 4.78 is 10.5. The van der Waals surface area contributed by atoms with E-state index in [4.69, 9.17) is 32.4 Å². The molecule has 0 aliphatic carbocycles. The van der Waals surface area contributed by atoms with Crippen LogP contribution in [0.3, 0.4) is 0 Å². The van der Waals surface area contributed by atoms with Crippen molar-refractivity contribution in [1.82, 2.24) is 0 Å². The summed E-state index contributed by atoms with van der Waals surface area (Å²) in [6, 6.07) is 15.0. The van der Waals surface area contributed by atoms with E-state index in [-0.39, 0.29) is 34.0 Å². The summed E-state index contributed by atoms with van der Waals surface area (Å²) in [5, 5.41) is 0. The lowest BCUT2D eigenvalue weighted by atomic mass is 10.1. The number of hydrogen-bond donors (Lipinski definition) is 4. The lowest BCUT2D eigenvalue weighted by Gasteiger charge is -2.10. The molecule has 0 unspecified atom stereocenters. The molecule has 8 nitrogen and oxygen atoms in total. The molecule has 0 fully saturated rings. The van der Waals surface area contributed by atoms with Gasteiger partial charge in [0.25, 0.3) is 0 Å². The Kier molecular flexibility index (Phi) is 5.03. The van der Waals surface area contributed by atoms with Crippen molar-refractivity contribution in [3.8, 4) is 11.5 Å². The van der Waals surface area contributed by atoms with Crippen LogP contribution in [0.4, 0.5) is 22.7 Å². The van der Waals surface area contributed by atoms with Crippen LogP contribution in [0.5, 0.6) is 11.5 Å². The van der Waals surface area contributed by atoms with Crippen LogP contribution in [0.25, 0.3) is 0 Å². The number of nitrogen functional groups attached to an aromatic ring is 4. The molecule has 0 saturated heterocycles. The van der Waals surface area contributed by atoms with Crippen LogP contribution >= 0.6 is 0 Å². The molecule has 0 aliphatic rings. The Morgan fingerprint density at radius 3 is 1.43 bits per heavy atom. The fraction of sp³-hybridized carbons (Fsp3) is 0. The number of hydrogen-bond acceptors (Lipinski definition) is 8. The van der Waals surface area contributed by atoms with E-state index >= 15 is 0 Å². The van der Waals surface area contributed by atoms with Crippen molar-refractivity contribution < 1.29 is 19.1 Å². The Bertz CT molecular complexity index is 985. The minimum atomic E-state index is -0.682. The van der Waals surface area contributed by atoms with Crippen LogP contribution in [0.2, 0.25) is 0 Å². The number of rotatable bonds is 4. The lowest BCUT2D eigenvalue weighted by molar-refractivity contribution is 0.0735. The van der Waals surface area contributed by atoms with Crippen LogP contribution < -0.4 is 32.4 Å². The summed E-state index contributed by atoms with van der Waals surface area (Å²) >= 11 is 0. The molecule has 0 saturated carbocycles. The molecule has 8 heteroatoms. The maximum absolute atomic E-state index is 12.4. The highest BCUT2D eigenvalue weighted by Crippen LogP contribution is 2.26. The van der Waals surface area contributed by atoms with E-state index in [1.165, 1.54) is 48.5 Å². The van der Waals surface area contributed by atoms with E-state index in [9.17, 15) is 9.59 Å². The van der Waals surface area contributed by atoms with E-state index in [0.29, 0.717) is 11.4 Å². The Balaban J connectivity index is 1.77. The molecular weight excluding hydrogens is 360 g/mol. The average Bonchev–Trinajstić information content (AvgIpc) is 2.66. The van der Waals surface area contributed by atoms with Crippen molar-refractivity contribution in [3.63, 3.8) is 0 Å². The third-order valence-corrected chi connectivity index (χ3v) is 3.81. The van der Waals surface area contributed by atoms with Gasteiger partial charge in [-0.15, -0.1) is 0 Å². The van der Waals surface area contributed by atoms with Crippen molar-refractivity contribution >= 4 is 34.7 Å². The van der Waals surface area contributed by atoms with Crippen molar-refractivity contribution in [1.29, 1.82) is 0 Å². The quantitative estimate of drug-likeness (QED) is 0.306. The lowest BCUT2D eigenvalue weighted by Crippen LogP contribution is -2.13. The zero-order chi connectivity index (χ0) is 20.3. The van der Waals surface area contributed by atoms with Crippen molar-refractivity contribution in [2.24, 2.45) is 0 Å². The zero-order valence-corrected chi connectivity index (χ0v) is 14.7. The van der Waals surface area contributed by atoms with E-state index < -0.39 is 11.9 Å². The first-order valence-corrected chi connectivity index (χ1v) is 8.18. The predicted octanol–water partition coefficient (Wildman–Crippen LogP) is 2.45. The topological polar surface area (TPSA) is 157 Å². The van der Waals surface area contributed by atoms with Gasteiger partial charge in [0.05, 0.1) is 22.5 Å². The Hall–Kier alpha value is -4.20. The summed E-state index contributed by atoms with van der Waals surface area (Å²) in [7, 11) is 0. The van der Waals surface area contributed by atoms with Gasteiger partial charge in [-0.25, -0.2) is 9.59 Å². The van der Waals surface area contributed by atoms with Crippen molar-refractivity contribution in [2.75, 3.05) is 22.9 Å². The van der Waals surface area contributed by atoms with Gasteiger partial charge in [0.2, 0.25) is 0 Å². The van der Waals surface area contributed by atoms with Crippen LogP contribution in [-0.2, 0) is 0 Å². The van der Waals surface area contributed by atoms with Crippen LogP contribution in [0, 0.1) is 0 Å². The molecule has 0 aromatic heterocycles. The highest BCUT2D eigenvalue weighted by Gasteiger charge is 2.16. The summed E-state index contributed by atoms with van der Waals surface area (Å²) in [6.45, 7) is 0. The molecule has 0 atom stereocenters. The average molecular weight is 378 g/mol. The third-order valence-electron chi connectivity index (χ3n) is 3.81. The van der Waals surface area contributed by atoms with Crippen LogP contribution in [0.1, 0.15) is 20.7 Å². The molecule has 3 aromatic carbocycles. The van der Waals surface area contributed by atoms with Crippen molar-refractivity contribution in [2.45, 2.75) is 0 Å². The fourth-order valence-corrected chi connectivity index (χ4v) is 2.41. The molecule has 0 spiro atoms. The van der Waals surface area contributed by atoms with Crippen LogP contribution in [0.15, 0.2) is 60.7 Å². The molecule has 3 aromatic rings. The Morgan fingerprint density at radius 1 is 0.607 bits per heavy atom. The predicted molar refractivity (Wildman–Crippen MR) is 107 cm³/mol. The maximum atomic E-state index is 12.4. The SMILES string of the molecule is Nc1ccc(OC(=O)c2cccc(C(=O)Oc3ccc(N)cc3N)c2)c(N)c1. The number of carbonyl (C=O) groups is 2. The Labute approximate surface area is 160 Å². The summed E-state index contributed by atoms with van der Waals surface area (Å²) in [6.07, 6.45) is 0. The fourth-order valence-electron chi connectivity index (χ4n) is 2.41. The first kappa shape index (κ1) is 18.6. The summed E-state index contributed by atoms with van der Waals surface area (Å²) in [5.41, 5.74) is 24.4. The number of nitrogens with two attached hydrogens (primary N) is 4. The van der Waals surface area contributed by atoms with Gasteiger partial charge < -0.3 is 32.4 Å². The zero-order valence-electron chi connectivity index (χ0n) is 14.7. The highest BCUT2D eigenvalue weighted by atomic mass is 16.5. The molecule has 3 rings (SSSR count). The molecule has 28 heavy (non-hydrogen) atoms. The van der Waals surface area contributed by atoms with Gasteiger partial charge in [0.1, 0.15) is 0 Å². The van der Waals surface area contributed by atoms with Gasteiger partial charge in [-0.2, -0.15) is 0 Å². The molecule has 8 N–H and O–H groups in total. The van der Waals surface area contributed by atoms with Gasteiger partial charge in [0.15, 0.2) is 11.5 Å². The largest absolute Gasteiger partial charge is 0.421 e. The van der Waals surface area contributed by atoms with Gasteiger partial charge >= 0.3 is 11.9 Å². The Morgan fingerprint density at radius 2 is 1.04 bits per heavy atom. The van der Waals surface area contributed by atoms with Gasteiger partial charge in [-0.05, 0) is 54.6 Å². The smallest absolute Gasteiger partial charge is 0.343 e. The van der Waals surface area contributed by atoms with E-state index in [2.05, 4.69) is 0 Å². The molecule has 0 radical (unpaired) electrons. The molecular formula is C20H18N4O4. The standard InChI is InChI=1S/C20H18N4O4/c21-13-4-6-17(15(23)9-13)27-19(25)11-2-1-3-12(8-11)20(26)28-18-7-5-14(22)10-16(18)24/h1-10H,21-24H2. The van der Waals surface area contributed by atoms with E-state index in [1.807, 2.05) is 0 Å². The number of benzene rings is 3. The molecule has 0 amide bonds. The van der Waals surface area contributed by atoms with Gasteiger partial charge in [-0.1, -0.05) is 6.07 Å². The van der Waals surface area contributed by atoms with E-state index in [0.717, 1.165) is 0 Å². The minimum absolute atomic E-state index is 0.149. The normalized spacial score (nSPS) is 10.3. The summed E-state index contributed by atoms with van der Waals surface area (Å²) in [5.74, 6) is -1.03. The van der Waals surface area contributed by atoms with Gasteiger partial charge in [-0.3, -0.25) is 0 Å². The minimum Gasteiger partial charge on any atom is -0.421 e. The monoisotopic (exact) mass is 378 g/mol. The molecule has 0 bridgehead atoms. The van der Waals surface area contributed by atoms with Crippen LogP contribution in [-0.4, -0.2) is 11.9 Å². The molecule has 0 heterocycles. The molecule has 142 valence electrons. The maximum Gasteiger partial charge on any atom is 0.343 e. The number of esters is 2.